The molecular weight excluding hydrogens is 236 g/mol. The van der Waals surface area contributed by atoms with Crippen molar-refractivity contribution in [2.24, 2.45) is 0 Å². The topological polar surface area (TPSA) is 46.5 Å². The molecule has 1 aliphatic heterocycles. The number of hydrogen-bond donors (Lipinski definition) is 1. The number of benzene rings is 1. The summed E-state index contributed by atoms with van der Waals surface area (Å²) in [5, 5.41) is 12.3. The monoisotopic (exact) mass is 248 g/mol. The van der Waals surface area contributed by atoms with Gasteiger partial charge in [0.2, 0.25) is 0 Å². The summed E-state index contributed by atoms with van der Waals surface area (Å²) >= 11 is 1.67. The lowest BCUT2D eigenvalue weighted by Crippen LogP contribution is -2.48. The molecule has 0 bridgehead atoms. The second-order valence-corrected chi connectivity index (χ2v) is 5.40. The minimum Gasteiger partial charge on any atom is -0.481 e. The molecule has 0 radical (unpaired) electrons. The van der Waals surface area contributed by atoms with Crippen LogP contribution in [0.1, 0.15) is 12.0 Å². The molecule has 0 atom stereocenters. The summed E-state index contributed by atoms with van der Waals surface area (Å²) in [5.41, 5.74) is 0.817. The Balaban J connectivity index is 2.10. The number of carboxylic acids is 1. The average Bonchev–Trinajstić information content (AvgIpc) is 2.67. The number of carboxylic acid groups (broad SMARTS) is 1. The van der Waals surface area contributed by atoms with E-state index in [9.17, 15) is 4.79 Å². The predicted molar refractivity (Wildman–Crippen MR) is 66.6 cm³/mol. The van der Waals surface area contributed by atoms with Crippen LogP contribution in [0.4, 0.5) is 0 Å². The summed E-state index contributed by atoms with van der Waals surface area (Å²) in [5.74, 6) is -0.761. The lowest BCUT2D eigenvalue weighted by Gasteiger charge is -2.40. The first kappa shape index (κ1) is 10.7. The lowest BCUT2D eigenvalue weighted by atomic mass is 9.76. The molecule has 17 heavy (non-hydrogen) atoms. The molecule has 0 unspecified atom stereocenters. The lowest BCUT2D eigenvalue weighted by molar-refractivity contribution is -0.145. The Hall–Kier alpha value is -1.39. The van der Waals surface area contributed by atoms with Crippen LogP contribution in [0.25, 0.3) is 10.1 Å². The Morgan fingerprint density at radius 2 is 2.18 bits per heavy atom. The van der Waals surface area contributed by atoms with Crippen LogP contribution >= 0.6 is 11.3 Å². The molecule has 4 heteroatoms. The fraction of sp³-hybridized carbons (Fsp3) is 0.308. The highest BCUT2D eigenvalue weighted by molar-refractivity contribution is 7.17. The van der Waals surface area contributed by atoms with E-state index in [-0.39, 0.29) is 11.8 Å². The van der Waals surface area contributed by atoms with E-state index in [1.165, 1.54) is 10.1 Å². The van der Waals surface area contributed by atoms with E-state index in [1.807, 2.05) is 12.1 Å². The Kier molecular flexibility index (Phi) is 2.42. The van der Waals surface area contributed by atoms with Crippen molar-refractivity contribution in [2.75, 3.05) is 13.2 Å². The van der Waals surface area contributed by atoms with Crippen LogP contribution in [-0.2, 0) is 14.9 Å². The van der Waals surface area contributed by atoms with Crippen molar-refractivity contribution in [1.82, 2.24) is 0 Å². The standard InChI is InChI=1S/C13H12O3S/c14-12(15)5-13(7-16-8-13)10-6-17-11-4-2-1-3-9(10)11/h1-4,6H,5,7-8H2,(H,14,15). The molecule has 0 amide bonds. The fourth-order valence-corrected chi connectivity index (χ4v) is 3.46. The smallest absolute Gasteiger partial charge is 0.304 e. The molecule has 1 aliphatic rings. The van der Waals surface area contributed by atoms with Crippen LogP contribution in [0.3, 0.4) is 0 Å². The summed E-state index contributed by atoms with van der Waals surface area (Å²) < 4.78 is 6.46. The largest absolute Gasteiger partial charge is 0.481 e. The van der Waals surface area contributed by atoms with E-state index < -0.39 is 5.97 Å². The van der Waals surface area contributed by atoms with Crippen molar-refractivity contribution in [1.29, 1.82) is 0 Å². The van der Waals surface area contributed by atoms with E-state index in [4.69, 9.17) is 9.84 Å². The minimum absolute atomic E-state index is 0.147. The molecule has 0 aliphatic carbocycles. The van der Waals surface area contributed by atoms with Crippen molar-refractivity contribution in [3.63, 3.8) is 0 Å². The number of aliphatic carboxylic acids is 1. The van der Waals surface area contributed by atoms with Crippen molar-refractivity contribution in [3.8, 4) is 0 Å². The molecule has 0 saturated carbocycles. The summed E-state index contributed by atoms with van der Waals surface area (Å²) in [4.78, 5) is 11.0. The van der Waals surface area contributed by atoms with Gasteiger partial charge >= 0.3 is 5.97 Å². The van der Waals surface area contributed by atoms with Crippen molar-refractivity contribution >= 4 is 27.4 Å². The van der Waals surface area contributed by atoms with Crippen LogP contribution in [-0.4, -0.2) is 24.3 Å². The molecule has 1 fully saturated rings. The third-order valence-corrected chi connectivity index (χ3v) is 4.26. The fourth-order valence-electron chi connectivity index (χ4n) is 2.38. The van der Waals surface area contributed by atoms with Gasteiger partial charge in [-0.1, -0.05) is 18.2 Å². The SMILES string of the molecule is O=C(O)CC1(c2csc3ccccc23)COC1. The van der Waals surface area contributed by atoms with E-state index in [0.29, 0.717) is 13.2 Å². The van der Waals surface area contributed by atoms with Crippen molar-refractivity contribution < 1.29 is 14.6 Å². The maximum atomic E-state index is 11.0. The molecule has 1 aromatic carbocycles. The van der Waals surface area contributed by atoms with Gasteiger partial charge in [-0.05, 0) is 22.4 Å². The minimum atomic E-state index is -0.761. The molecule has 3 nitrogen and oxygen atoms in total. The molecular formula is C13H12O3S. The van der Waals surface area contributed by atoms with Crippen molar-refractivity contribution in [3.05, 3.63) is 35.2 Å². The Bertz CT molecular complexity index is 569. The number of carbonyl (C=O) groups is 1. The van der Waals surface area contributed by atoms with Crippen LogP contribution < -0.4 is 0 Å². The number of ether oxygens (including phenoxy) is 1. The van der Waals surface area contributed by atoms with Gasteiger partial charge in [-0.3, -0.25) is 4.79 Å². The molecule has 1 saturated heterocycles. The van der Waals surface area contributed by atoms with E-state index >= 15 is 0 Å². The van der Waals surface area contributed by atoms with Gasteiger partial charge in [0, 0.05) is 4.70 Å². The zero-order valence-corrected chi connectivity index (χ0v) is 10.00. The molecule has 1 aromatic heterocycles. The van der Waals surface area contributed by atoms with Crippen LogP contribution in [0.15, 0.2) is 29.6 Å². The summed E-state index contributed by atoms with van der Waals surface area (Å²) in [6.45, 7) is 1.03. The first-order valence-electron chi connectivity index (χ1n) is 5.48. The number of thiophene rings is 1. The third kappa shape index (κ3) is 1.64. The first-order valence-corrected chi connectivity index (χ1v) is 6.35. The van der Waals surface area contributed by atoms with Gasteiger partial charge in [0.05, 0.1) is 25.0 Å². The Morgan fingerprint density at radius 3 is 2.82 bits per heavy atom. The van der Waals surface area contributed by atoms with Gasteiger partial charge in [0.25, 0.3) is 0 Å². The molecule has 2 aromatic rings. The quantitative estimate of drug-likeness (QED) is 0.908. The second kappa shape index (κ2) is 3.82. The zero-order valence-electron chi connectivity index (χ0n) is 9.18. The summed E-state index contributed by atoms with van der Waals surface area (Å²) in [6.07, 6.45) is 0.147. The maximum absolute atomic E-state index is 11.0. The number of rotatable bonds is 3. The van der Waals surface area contributed by atoms with Gasteiger partial charge < -0.3 is 9.84 Å². The second-order valence-electron chi connectivity index (χ2n) is 4.49. The predicted octanol–water partition coefficient (Wildman–Crippen LogP) is 2.64. The molecule has 2 heterocycles. The molecule has 0 spiro atoms. The normalized spacial score (nSPS) is 17.9. The van der Waals surface area contributed by atoms with Crippen LogP contribution in [0.2, 0.25) is 0 Å². The zero-order chi connectivity index (χ0) is 11.9. The van der Waals surface area contributed by atoms with Crippen LogP contribution in [0.5, 0.6) is 0 Å². The highest BCUT2D eigenvalue weighted by Gasteiger charge is 2.43. The van der Waals surface area contributed by atoms with Gasteiger partial charge in [0.1, 0.15) is 0 Å². The van der Waals surface area contributed by atoms with Crippen LogP contribution in [0, 0.1) is 0 Å². The van der Waals surface area contributed by atoms with Gasteiger partial charge in [-0.15, -0.1) is 11.3 Å². The average molecular weight is 248 g/mol. The van der Waals surface area contributed by atoms with Gasteiger partial charge in [0.15, 0.2) is 0 Å². The van der Waals surface area contributed by atoms with Gasteiger partial charge in [-0.2, -0.15) is 0 Å². The summed E-state index contributed by atoms with van der Waals surface area (Å²) in [6, 6.07) is 8.12. The number of fused-ring (bicyclic) bond motifs is 1. The van der Waals surface area contributed by atoms with E-state index in [0.717, 1.165) is 5.56 Å². The van der Waals surface area contributed by atoms with E-state index in [1.54, 1.807) is 11.3 Å². The molecule has 88 valence electrons. The highest BCUT2D eigenvalue weighted by Crippen LogP contribution is 2.42. The summed E-state index contributed by atoms with van der Waals surface area (Å²) in [7, 11) is 0. The molecule has 3 rings (SSSR count). The first-order chi connectivity index (χ1) is 8.21. The number of hydrogen-bond acceptors (Lipinski definition) is 3. The highest BCUT2D eigenvalue weighted by atomic mass is 32.1. The molecule has 1 N–H and O–H groups in total. The maximum Gasteiger partial charge on any atom is 0.304 e. The van der Waals surface area contributed by atoms with Gasteiger partial charge in [-0.25, -0.2) is 0 Å². The Labute approximate surface area is 103 Å². The Morgan fingerprint density at radius 1 is 1.41 bits per heavy atom. The van der Waals surface area contributed by atoms with E-state index in [2.05, 4.69) is 17.5 Å². The third-order valence-electron chi connectivity index (χ3n) is 3.30. The van der Waals surface area contributed by atoms with Crippen molar-refractivity contribution in [2.45, 2.75) is 11.8 Å².